The molecule has 88 valence electrons. The van der Waals surface area contributed by atoms with Gasteiger partial charge in [0, 0.05) is 17.8 Å². The molecule has 0 aliphatic carbocycles. The zero-order chi connectivity index (χ0) is 12.2. The van der Waals surface area contributed by atoms with Crippen molar-refractivity contribution in [1.29, 1.82) is 0 Å². The highest BCUT2D eigenvalue weighted by Gasteiger charge is 2.24. The average Bonchev–Trinajstić information content (AvgIpc) is 2.29. The van der Waals surface area contributed by atoms with Gasteiger partial charge in [-0.2, -0.15) is 0 Å². The molecule has 0 radical (unpaired) electrons. The van der Waals surface area contributed by atoms with Crippen LogP contribution in [0.15, 0.2) is 18.3 Å². The van der Waals surface area contributed by atoms with Crippen molar-refractivity contribution < 1.29 is 4.92 Å². The van der Waals surface area contributed by atoms with Gasteiger partial charge < -0.3 is 5.32 Å². The van der Waals surface area contributed by atoms with Gasteiger partial charge in [-0.15, -0.1) is 0 Å². The molecule has 1 rings (SSSR count). The highest BCUT2D eigenvalue weighted by atomic mass is 16.6. The second kappa shape index (κ2) is 4.92. The van der Waals surface area contributed by atoms with Gasteiger partial charge in [-0.3, -0.25) is 10.1 Å². The number of pyridine rings is 1. The number of nitro groups is 1. The molecule has 0 saturated heterocycles. The highest BCUT2D eigenvalue weighted by Crippen LogP contribution is 2.26. The monoisotopic (exact) mass is 223 g/mol. The van der Waals surface area contributed by atoms with Crippen LogP contribution in [0.2, 0.25) is 0 Å². The predicted molar refractivity (Wildman–Crippen MR) is 63.5 cm³/mol. The molecular formula is C11H17N3O2. The van der Waals surface area contributed by atoms with Gasteiger partial charge in [0.15, 0.2) is 0 Å². The van der Waals surface area contributed by atoms with E-state index >= 15 is 0 Å². The molecule has 1 aromatic heterocycles. The van der Waals surface area contributed by atoms with E-state index in [9.17, 15) is 10.1 Å². The fraction of sp³-hybridized carbons (Fsp3) is 0.545. The topological polar surface area (TPSA) is 68.1 Å². The minimum atomic E-state index is -0.416. The van der Waals surface area contributed by atoms with Crippen LogP contribution in [-0.4, -0.2) is 15.4 Å². The number of hydrogen-bond donors (Lipinski definition) is 1. The Kier molecular flexibility index (Phi) is 3.82. The average molecular weight is 223 g/mol. The van der Waals surface area contributed by atoms with E-state index in [-0.39, 0.29) is 11.2 Å². The van der Waals surface area contributed by atoms with Crippen molar-refractivity contribution in [1.82, 2.24) is 4.98 Å². The van der Waals surface area contributed by atoms with E-state index < -0.39 is 4.92 Å². The van der Waals surface area contributed by atoms with Gasteiger partial charge in [0.25, 0.3) is 0 Å². The van der Waals surface area contributed by atoms with Crippen molar-refractivity contribution >= 4 is 11.5 Å². The van der Waals surface area contributed by atoms with Crippen LogP contribution in [0.3, 0.4) is 0 Å². The number of anilines is 1. The van der Waals surface area contributed by atoms with Crippen molar-refractivity contribution in [3.8, 4) is 0 Å². The molecule has 0 saturated carbocycles. The van der Waals surface area contributed by atoms with Crippen LogP contribution in [0.4, 0.5) is 11.5 Å². The first kappa shape index (κ1) is 12.4. The zero-order valence-corrected chi connectivity index (χ0v) is 9.86. The summed E-state index contributed by atoms with van der Waals surface area (Å²) in [6.07, 6.45) is 3.33. The van der Waals surface area contributed by atoms with Crippen LogP contribution < -0.4 is 5.32 Å². The fourth-order valence-electron chi connectivity index (χ4n) is 1.35. The minimum Gasteiger partial charge on any atom is -0.359 e. The fourth-order valence-corrected chi connectivity index (χ4v) is 1.35. The lowest BCUT2D eigenvalue weighted by molar-refractivity contribution is -0.384. The van der Waals surface area contributed by atoms with Crippen molar-refractivity contribution in [3.63, 3.8) is 0 Å². The first-order chi connectivity index (χ1) is 7.52. The third kappa shape index (κ3) is 2.68. The largest absolute Gasteiger partial charge is 0.359 e. The molecule has 0 aliphatic rings. The van der Waals surface area contributed by atoms with Gasteiger partial charge in [-0.05, 0) is 25.8 Å². The zero-order valence-electron chi connectivity index (χ0n) is 9.86. The maximum atomic E-state index is 10.8. The van der Waals surface area contributed by atoms with Crippen LogP contribution in [-0.2, 0) is 0 Å². The summed E-state index contributed by atoms with van der Waals surface area (Å²) in [5.74, 6) is 0.346. The van der Waals surface area contributed by atoms with Gasteiger partial charge in [0.05, 0.1) is 4.92 Å². The Morgan fingerprint density at radius 3 is 2.62 bits per heavy atom. The van der Waals surface area contributed by atoms with Crippen molar-refractivity contribution in [2.45, 2.75) is 39.2 Å². The summed E-state index contributed by atoms with van der Waals surface area (Å²) in [6.45, 7) is 6.13. The van der Waals surface area contributed by atoms with E-state index in [1.165, 1.54) is 6.07 Å². The maximum Gasteiger partial charge on any atom is 0.311 e. The van der Waals surface area contributed by atoms with Crippen molar-refractivity contribution in [3.05, 3.63) is 28.4 Å². The lowest BCUT2D eigenvalue weighted by Gasteiger charge is -2.28. The van der Waals surface area contributed by atoms with E-state index in [0.29, 0.717) is 5.82 Å². The minimum absolute atomic E-state index is 0.0237. The molecule has 5 nitrogen and oxygen atoms in total. The molecule has 16 heavy (non-hydrogen) atoms. The van der Waals surface area contributed by atoms with Crippen LogP contribution in [0.5, 0.6) is 0 Å². The van der Waals surface area contributed by atoms with Crippen molar-refractivity contribution in [2.75, 3.05) is 5.32 Å². The van der Waals surface area contributed by atoms with E-state index in [1.54, 1.807) is 12.3 Å². The second-order valence-electron chi connectivity index (χ2n) is 4.02. The molecule has 0 amide bonds. The Hall–Kier alpha value is -1.65. The SMILES string of the molecule is CCC(C)(CC)Nc1ncccc1[N+](=O)[O-]. The molecule has 0 aromatic carbocycles. The summed E-state index contributed by atoms with van der Waals surface area (Å²) in [4.78, 5) is 14.4. The summed E-state index contributed by atoms with van der Waals surface area (Å²) in [6, 6.07) is 3.03. The standard InChI is InChI=1S/C11H17N3O2/c1-4-11(3,5-2)13-10-9(14(15)16)7-6-8-12-10/h6-8H,4-5H2,1-3H3,(H,12,13). The Morgan fingerprint density at radius 1 is 1.50 bits per heavy atom. The molecule has 0 aliphatic heterocycles. The van der Waals surface area contributed by atoms with Crippen molar-refractivity contribution in [2.24, 2.45) is 0 Å². The van der Waals surface area contributed by atoms with E-state index in [4.69, 9.17) is 0 Å². The summed E-state index contributed by atoms with van der Waals surface area (Å²) < 4.78 is 0. The molecule has 0 bridgehead atoms. The lowest BCUT2D eigenvalue weighted by Crippen LogP contribution is -2.33. The summed E-state index contributed by atoms with van der Waals surface area (Å²) in [7, 11) is 0. The lowest BCUT2D eigenvalue weighted by atomic mass is 9.95. The Balaban J connectivity index is 3.01. The number of nitrogens with one attached hydrogen (secondary N) is 1. The maximum absolute atomic E-state index is 10.8. The second-order valence-corrected chi connectivity index (χ2v) is 4.02. The number of aromatic nitrogens is 1. The van der Waals surface area contributed by atoms with E-state index in [2.05, 4.69) is 10.3 Å². The summed E-state index contributed by atoms with van der Waals surface area (Å²) in [5, 5.41) is 14.0. The summed E-state index contributed by atoms with van der Waals surface area (Å²) in [5.41, 5.74) is -0.130. The Labute approximate surface area is 95.0 Å². The van der Waals surface area contributed by atoms with Gasteiger partial charge in [-0.25, -0.2) is 4.98 Å². The van der Waals surface area contributed by atoms with Crippen LogP contribution in [0, 0.1) is 10.1 Å². The van der Waals surface area contributed by atoms with Crippen LogP contribution in [0.1, 0.15) is 33.6 Å². The third-order valence-electron chi connectivity index (χ3n) is 2.96. The molecule has 1 aromatic rings. The first-order valence-electron chi connectivity index (χ1n) is 5.40. The molecule has 1 heterocycles. The van der Waals surface area contributed by atoms with Gasteiger partial charge >= 0.3 is 5.69 Å². The number of hydrogen-bond acceptors (Lipinski definition) is 4. The molecule has 0 spiro atoms. The highest BCUT2D eigenvalue weighted by molar-refractivity contribution is 5.56. The Bertz CT molecular complexity index is 375. The smallest absolute Gasteiger partial charge is 0.311 e. The molecule has 1 N–H and O–H groups in total. The van der Waals surface area contributed by atoms with Crippen LogP contribution in [0.25, 0.3) is 0 Å². The quantitative estimate of drug-likeness (QED) is 0.615. The van der Waals surface area contributed by atoms with Gasteiger partial charge in [-0.1, -0.05) is 13.8 Å². The number of nitrogens with zero attached hydrogens (tertiary/aromatic N) is 2. The molecule has 0 atom stereocenters. The Morgan fingerprint density at radius 2 is 2.12 bits per heavy atom. The summed E-state index contributed by atoms with van der Waals surface area (Å²) >= 11 is 0. The van der Waals surface area contributed by atoms with Gasteiger partial charge in [0.1, 0.15) is 0 Å². The first-order valence-corrected chi connectivity index (χ1v) is 5.40. The molecule has 0 unspecified atom stereocenters. The third-order valence-corrected chi connectivity index (χ3v) is 2.96. The van der Waals surface area contributed by atoms with Crippen LogP contribution >= 0.6 is 0 Å². The predicted octanol–water partition coefficient (Wildman–Crippen LogP) is 2.98. The molecular weight excluding hydrogens is 206 g/mol. The normalized spacial score (nSPS) is 11.2. The van der Waals surface area contributed by atoms with Gasteiger partial charge in [0.2, 0.25) is 5.82 Å². The molecule has 0 fully saturated rings. The van der Waals surface area contributed by atoms with E-state index in [1.807, 2.05) is 20.8 Å². The van der Waals surface area contributed by atoms with E-state index in [0.717, 1.165) is 12.8 Å². The number of rotatable bonds is 5. The molecule has 5 heteroatoms.